The maximum atomic E-state index is 12.1. The molecule has 4 rings (SSSR count). The van der Waals surface area contributed by atoms with Gasteiger partial charge in [-0.25, -0.2) is 4.98 Å². The van der Waals surface area contributed by atoms with Crippen molar-refractivity contribution < 1.29 is 9.53 Å². The van der Waals surface area contributed by atoms with E-state index in [1.165, 1.54) is 12.8 Å². The van der Waals surface area contributed by atoms with E-state index in [9.17, 15) is 4.79 Å². The van der Waals surface area contributed by atoms with E-state index in [0.29, 0.717) is 11.8 Å². The maximum Gasteiger partial charge on any atom is 0.229 e. The molecule has 2 atom stereocenters. The number of nitrogens with one attached hydrogen (secondary N) is 1. The number of hydrogen-bond acceptors (Lipinski definition) is 4. The highest BCUT2D eigenvalue weighted by Crippen LogP contribution is 2.54. The third-order valence-electron chi connectivity index (χ3n) is 4.80. The fourth-order valence-corrected chi connectivity index (χ4v) is 4.08. The van der Waals surface area contributed by atoms with Crippen molar-refractivity contribution in [2.45, 2.75) is 38.0 Å². The number of anilines is 1. The highest BCUT2D eigenvalue weighted by atomic mass is 32.1. The third kappa shape index (κ3) is 2.61. The summed E-state index contributed by atoms with van der Waals surface area (Å²) in [5.74, 6) is 2.48. The van der Waals surface area contributed by atoms with Crippen LogP contribution in [0.1, 0.15) is 43.7 Å². The number of aromatic nitrogens is 1. The Bertz CT molecular complexity index is 506. The van der Waals surface area contributed by atoms with Crippen molar-refractivity contribution >= 4 is 22.4 Å². The van der Waals surface area contributed by atoms with Crippen LogP contribution in [0.2, 0.25) is 0 Å². The molecule has 2 heterocycles. The Morgan fingerprint density at radius 2 is 2.10 bits per heavy atom. The molecule has 4 nitrogen and oxygen atoms in total. The van der Waals surface area contributed by atoms with Gasteiger partial charge in [0.1, 0.15) is 0 Å². The summed E-state index contributed by atoms with van der Waals surface area (Å²) in [5.41, 5.74) is 1.13. The molecular formula is C15H20N2O2S. The molecule has 1 N–H and O–H groups in total. The van der Waals surface area contributed by atoms with E-state index < -0.39 is 0 Å². The molecule has 0 radical (unpaired) electrons. The SMILES string of the molecule is O=C(Nc1nc(C2CCOCC2)cs1)[C@H]1C[C@@H]1C1CC1. The van der Waals surface area contributed by atoms with Crippen LogP contribution in [0.15, 0.2) is 5.38 Å². The van der Waals surface area contributed by atoms with Gasteiger partial charge in [-0.2, -0.15) is 0 Å². The van der Waals surface area contributed by atoms with E-state index in [-0.39, 0.29) is 11.8 Å². The van der Waals surface area contributed by atoms with Gasteiger partial charge in [-0.3, -0.25) is 4.79 Å². The Balaban J connectivity index is 1.34. The zero-order valence-electron chi connectivity index (χ0n) is 11.5. The molecule has 1 aromatic heterocycles. The zero-order valence-corrected chi connectivity index (χ0v) is 12.3. The van der Waals surface area contributed by atoms with Gasteiger partial charge in [-0.1, -0.05) is 0 Å². The summed E-state index contributed by atoms with van der Waals surface area (Å²) in [6.45, 7) is 1.66. The Labute approximate surface area is 122 Å². The second-order valence-corrected chi connectivity index (χ2v) is 7.16. The van der Waals surface area contributed by atoms with Crippen molar-refractivity contribution in [2.24, 2.45) is 17.8 Å². The molecule has 0 aromatic carbocycles. The van der Waals surface area contributed by atoms with E-state index in [2.05, 4.69) is 15.7 Å². The molecule has 2 saturated carbocycles. The molecule has 2 aliphatic carbocycles. The lowest BCUT2D eigenvalue weighted by atomic mass is 9.98. The predicted molar refractivity (Wildman–Crippen MR) is 77.9 cm³/mol. The predicted octanol–water partition coefficient (Wildman–Crippen LogP) is 3.02. The molecule has 1 amide bonds. The Hall–Kier alpha value is -0.940. The topological polar surface area (TPSA) is 51.2 Å². The van der Waals surface area contributed by atoms with E-state index in [4.69, 9.17) is 4.74 Å². The second-order valence-electron chi connectivity index (χ2n) is 6.30. The van der Waals surface area contributed by atoms with Crippen molar-refractivity contribution in [2.75, 3.05) is 18.5 Å². The molecule has 3 aliphatic rings. The van der Waals surface area contributed by atoms with Crippen LogP contribution in [-0.4, -0.2) is 24.1 Å². The van der Waals surface area contributed by atoms with Gasteiger partial charge in [0.05, 0.1) is 5.69 Å². The van der Waals surface area contributed by atoms with Crippen molar-refractivity contribution in [3.8, 4) is 0 Å². The molecule has 20 heavy (non-hydrogen) atoms. The lowest BCUT2D eigenvalue weighted by Crippen LogP contribution is -2.16. The van der Waals surface area contributed by atoms with Crippen molar-refractivity contribution in [1.29, 1.82) is 0 Å². The van der Waals surface area contributed by atoms with Crippen LogP contribution >= 0.6 is 11.3 Å². The van der Waals surface area contributed by atoms with Gasteiger partial charge in [-0.05, 0) is 43.9 Å². The summed E-state index contributed by atoms with van der Waals surface area (Å²) >= 11 is 1.56. The fraction of sp³-hybridized carbons (Fsp3) is 0.733. The molecule has 1 aromatic rings. The first-order chi connectivity index (χ1) is 9.81. The summed E-state index contributed by atoms with van der Waals surface area (Å²) in [5, 5.41) is 5.88. The van der Waals surface area contributed by atoms with Gasteiger partial charge in [0, 0.05) is 30.4 Å². The van der Waals surface area contributed by atoms with E-state index in [0.717, 1.165) is 49.2 Å². The van der Waals surface area contributed by atoms with Crippen molar-refractivity contribution in [1.82, 2.24) is 4.98 Å². The summed E-state index contributed by atoms with van der Waals surface area (Å²) in [4.78, 5) is 16.7. The highest BCUT2D eigenvalue weighted by Gasteiger charge is 2.51. The number of nitrogens with zero attached hydrogens (tertiary/aromatic N) is 1. The number of carbonyl (C=O) groups excluding carboxylic acids is 1. The Morgan fingerprint density at radius 1 is 1.30 bits per heavy atom. The second kappa shape index (κ2) is 5.11. The quantitative estimate of drug-likeness (QED) is 0.928. The lowest BCUT2D eigenvalue weighted by Gasteiger charge is -2.19. The minimum atomic E-state index is 0.190. The largest absolute Gasteiger partial charge is 0.381 e. The first-order valence-corrected chi connectivity index (χ1v) is 8.53. The number of ether oxygens (including phenoxy) is 1. The highest BCUT2D eigenvalue weighted by molar-refractivity contribution is 7.13. The van der Waals surface area contributed by atoms with Gasteiger partial charge < -0.3 is 10.1 Å². The third-order valence-corrected chi connectivity index (χ3v) is 5.57. The minimum Gasteiger partial charge on any atom is -0.381 e. The van der Waals surface area contributed by atoms with Gasteiger partial charge in [-0.15, -0.1) is 11.3 Å². The van der Waals surface area contributed by atoms with E-state index in [1.807, 2.05) is 0 Å². The number of carbonyl (C=O) groups is 1. The van der Waals surface area contributed by atoms with Crippen molar-refractivity contribution in [3.63, 3.8) is 0 Å². The maximum absolute atomic E-state index is 12.1. The van der Waals surface area contributed by atoms with Gasteiger partial charge in [0.15, 0.2) is 5.13 Å². The van der Waals surface area contributed by atoms with Crippen LogP contribution in [0.3, 0.4) is 0 Å². The summed E-state index contributed by atoms with van der Waals surface area (Å²) in [6, 6.07) is 0. The van der Waals surface area contributed by atoms with Crippen LogP contribution in [0, 0.1) is 17.8 Å². The molecule has 1 saturated heterocycles. The van der Waals surface area contributed by atoms with E-state index >= 15 is 0 Å². The van der Waals surface area contributed by atoms with Crippen LogP contribution in [-0.2, 0) is 9.53 Å². The van der Waals surface area contributed by atoms with Crippen LogP contribution < -0.4 is 5.32 Å². The molecular weight excluding hydrogens is 272 g/mol. The summed E-state index contributed by atoms with van der Waals surface area (Å²) in [6.07, 6.45) is 5.85. The minimum absolute atomic E-state index is 0.190. The zero-order chi connectivity index (χ0) is 13.5. The van der Waals surface area contributed by atoms with Crippen LogP contribution in [0.25, 0.3) is 0 Å². The Morgan fingerprint density at radius 3 is 2.85 bits per heavy atom. The number of rotatable bonds is 4. The molecule has 0 unspecified atom stereocenters. The average molecular weight is 292 g/mol. The van der Waals surface area contributed by atoms with Crippen LogP contribution in [0.4, 0.5) is 5.13 Å². The van der Waals surface area contributed by atoms with E-state index in [1.54, 1.807) is 11.3 Å². The van der Waals surface area contributed by atoms with Gasteiger partial charge in [0.25, 0.3) is 0 Å². The monoisotopic (exact) mass is 292 g/mol. The molecule has 0 spiro atoms. The smallest absolute Gasteiger partial charge is 0.229 e. The standard InChI is InChI=1S/C15H20N2O2S/c18-14(12-7-11(12)9-1-2-9)17-15-16-13(8-20-15)10-3-5-19-6-4-10/h8-12H,1-7H2,(H,16,17,18)/t11-,12+/m1/s1. The molecule has 1 aliphatic heterocycles. The van der Waals surface area contributed by atoms with Crippen LogP contribution in [0.5, 0.6) is 0 Å². The first-order valence-electron chi connectivity index (χ1n) is 7.65. The van der Waals surface area contributed by atoms with Gasteiger partial charge >= 0.3 is 0 Å². The normalized spacial score (nSPS) is 30.2. The molecule has 5 heteroatoms. The molecule has 0 bridgehead atoms. The van der Waals surface area contributed by atoms with Crippen molar-refractivity contribution in [3.05, 3.63) is 11.1 Å². The number of amides is 1. The summed E-state index contributed by atoms with van der Waals surface area (Å²) in [7, 11) is 0. The number of thiazole rings is 1. The molecule has 3 fully saturated rings. The molecule has 108 valence electrons. The fourth-order valence-electron chi connectivity index (χ4n) is 3.28. The average Bonchev–Trinajstić information content (AvgIpc) is 3.36. The Kier molecular flexibility index (Phi) is 3.27. The number of hydrogen-bond donors (Lipinski definition) is 1. The first kappa shape index (κ1) is 12.8. The lowest BCUT2D eigenvalue weighted by molar-refractivity contribution is -0.117. The summed E-state index contributed by atoms with van der Waals surface area (Å²) < 4.78 is 5.38. The van der Waals surface area contributed by atoms with Gasteiger partial charge in [0.2, 0.25) is 5.91 Å².